The minimum absolute atomic E-state index is 0.108. The van der Waals surface area contributed by atoms with Crippen LogP contribution in [0.15, 0.2) is 19.1 Å². The minimum atomic E-state index is -0.533. The van der Waals surface area contributed by atoms with Crippen LogP contribution in [0, 0.1) is 0 Å². The van der Waals surface area contributed by atoms with Crippen molar-refractivity contribution >= 4 is 27.7 Å². The monoisotopic (exact) mass is 275 g/mol. The van der Waals surface area contributed by atoms with Gasteiger partial charge in [0.2, 0.25) is 0 Å². The van der Waals surface area contributed by atoms with E-state index in [-0.39, 0.29) is 16.3 Å². The molecule has 15 heavy (non-hydrogen) atoms. The molecule has 8 heteroatoms. The molecule has 0 amide bonds. The molecule has 0 bridgehead atoms. The fraction of sp³-hybridized carbons (Fsp3) is 0.286. The summed E-state index contributed by atoms with van der Waals surface area (Å²) in [5.41, 5.74) is 4.38. The van der Waals surface area contributed by atoms with Gasteiger partial charge in [-0.3, -0.25) is 19.3 Å². The van der Waals surface area contributed by atoms with Gasteiger partial charge in [-0.2, -0.15) is 0 Å². The maximum atomic E-state index is 11.2. The van der Waals surface area contributed by atoms with Gasteiger partial charge in [0.1, 0.15) is 10.3 Å². The van der Waals surface area contributed by atoms with Gasteiger partial charge in [0, 0.05) is 14.1 Å². The highest BCUT2D eigenvalue weighted by molar-refractivity contribution is 9.10. The number of rotatable bonds is 1. The third kappa shape index (κ3) is 2.27. The van der Waals surface area contributed by atoms with E-state index in [1.807, 2.05) is 0 Å². The van der Waals surface area contributed by atoms with Crippen LogP contribution in [0.3, 0.4) is 0 Å². The van der Waals surface area contributed by atoms with E-state index in [0.717, 1.165) is 0 Å². The lowest BCUT2D eigenvalue weighted by molar-refractivity contribution is 0.804. The summed E-state index contributed by atoms with van der Waals surface area (Å²) >= 11 is 3.05. The zero-order chi connectivity index (χ0) is 11.6. The summed E-state index contributed by atoms with van der Waals surface area (Å²) in [4.78, 5) is 28.3. The van der Waals surface area contributed by atoms with Crippen molar-refractivity contribution in [1.29, 1.82) is 0 Å². The Kier molecular flexibility index (Phi) is 3.30. The third-order valence-corrected chi connectivity index (χ3v) is 2.49. The van der Waals surface area contributed by atoms with Gasteiger partial charge in [-0.25, -0.2) is 4.79 Å². The molecule has 0 saturated heterocycles. The van der Waals surface area contributed by atoms with Crippen LogP contribution in [0.2, 0.25) is 0 Å². The van der Waals surface area contributed by atoms with Crippen LogP contribution in [0.4, 0.5) is 5.82 Å². The largest absolute Gasteiger partial charge is 0.370 e. The summed E-state index contributed by atoms with van der Waals surface area (Å²) in [5, 5.41) is 2.63. The van der Waals surface area contributed by atoms with Crippen LogP contribution < -0.4 is 22.3 Å². The second kappa shape index (κ2) is 4.30. The molecule has 7 nitrogen and oxygen atoms in total. The molecule has 0 radical (unpaired) electrons. The predicted octanol–water partition coefficient (Wildman–Crippen LogP) is -0.807. The number of aliphatic imine (C=N–C) groups is 1. The summed E-state index contributed by atoms with van der Waals surface area (Å²) in [5.74, 6) is 0.364. The Labute approximate surface area is 93.2 Å². The average molecular weight is 276 g/mol. The molecule has 0 aliphatic rings. The highest BCUT2D eigenvalue weighted by Crippen LogP contribution is 2.13. The normalized spacial score (nSPS) is 11.5. The molecule has 0 aliphatic carbocycles. The van der Waals surface area contributed by atoms with Crippen molar-refractivity contribution in [3.05, 3.63) is 25.3 Å². The van der Waals surface area contributed by atoms with E-state index in [1.165, 1.54) is 18.7 Å². The Bertz CT molecular complexity index is 481. The maximum Gasteiger partial charge on any atom is 0.329 e. The topological polar surface area (TPSA) is 105 Å². The van der Waals surface area contributed by atoms with E-state index in [0.29, 0.717) is 0 Å². The smallest absolute Gasteiger partial charge is 0.329 e. The predicted molar refractivity (Wildman–Crippen MR) is 61.2 cm³/mol. The van der Waals surface area contributed by atoms with Crippen LogP contribution in [-0.4, -0.2) is 22.6 Å². The Morgan fingerprint density at radius 1 is 1.60 bits per heavy atom. The van der Waals surface area contributed by atoms with Crippen molar-refractivity contribution in [3.8, 4) is 0 Å². The Hall–Kier alpha value is -1.57. The number of hydrogen-bond acceptors (Lipinski definition) is 3. The molecule has 0 aromatic carbocycles. The lowest BCUT2D eigenvalue weighted by Crippen LogP contribution is -2.34. The number of guanidine groups is 1. The van der Waals surface area contributed by atoms with E-state index in [2.05, 4.69) is 31.2 Å². The first-order valence-electron chi connectivity index (χ1n) is 3.95. The molecule has 1 aromatic rings. The lowest BCUT2D eigenvalue weighted by Gasteiger charge is -2.10. The zero-order valence-electron chi connectivity index (χ0n) is 8.17. The molecule has 0 spiro atoms. The Morgan fingerprint density at radius 3 is 2.73 bits per heavy atom. The van der Waals surface area contributed by atoms with Crippen molar-refractivity contribution in [2.75, 3.05) is 12.4 Å². The van der Waals surface area contributed by atoms with Crippen LogP contribution in [0.5, 0.6) is 0 Å². The molecule has 0 aliphatic heterocycles. The molecule has 0 fully saturated rings. The molecule has 82 valence electrons. The van der Waals surface area contributed by atoms with Gasteiger partial charge >= 0.3 is 5.69 Å². The summed E-state index contributed by atoms with van der Waals surface area (Å²) < 4.78 is 1.40. The number of nitrogens with one attached hydrogen (secondary N) is 2. The summed E-state index contributed by atoms with van der Waals surface area (Å²) in [6.45, 7) is 0. The Balaban J connectivity index is 3.40. The van der Waals surface area contributed by atoms with Crippen molar-refractivity contribution in [3.63, 3.8) is 0 Å². The number of H-pyrrole nitrogens is 1. The number of halogens is 1. The number of nitrogens with two attached hydrogens (primary N) is 1. The van der Waals surface area contributed by atoms with E-state index in [1.54, 1.807) is 0 Å². The molecule has 0 atom stereocenters. The fourth-order valence-electron chi connectivity index (χ4n) is 0.908. The molecule has 1 heterocycles. The highest BCUT2D eigenvalue weighted by atomic mass is 79.9. The third-order valence-electron chi connectivity index (χ3n) is 1.76. The molecule has 1 rings (SSSR count). The van der Waals surface area contributed by atoms with E-state index < -0.39 is 11.2 Å². The van der Waals surface area contributed by atoms with Gasteiger partial charge in [-0.05, 0) is 15.9 Å². The van der Waals surface area contributed by atoms with Crippen molar-refractivity contribution < 1.29 is 0 Å². The molecule has 4 N–H and O–H groups in total. The van der Waals surface area contributed by atoms with Crippen LogP contribution in [-0.2, 0) is 7.05 Å². The average Bonchev–Trinajstić information content (AvgIpc) is 2.21. The van der Waals surface area contributed by atoms with E-state index >= 15 is 0 Å². The minimum Gasteiger partial charge on any atom is -0.370 e. The van der Waals surface area contributed by atoms with Crippen molar-refractivity contribution in [2.45, 2.75) is 0 Å². The number of aromatic nitrogens is 2. The summed E-state index contributed by atoms with van der Waals surface area (Å²) in [6, 6.07) is 0. The maximum absolute atomic E-state index is 11.2. The number of anilines is 1. The number of aromatic amines is 1. The second-order valence-corrected chi connectivity index (χ2v) is 3.51. The standard InChI is InChI=1S/C7H10BrN5O2/c1-10-6(9)11-4-3(8)5(14)12-7(15)13(4)2/h1-2H3,(H3,9,10,11)(H,12,14,15). The zero-order valence-corrected chi connectivity index (χ0v) is 9.75. The molecule has 1 aromatic heterocycles. The fourth-order valence-corrected chi connectivity index (χ4v) is 1.37. The SMILES string of the molecule is CN=C(N)Nc1c(Br)c(=O)[nH]c(=O)n1C. The van der Waals surface area contributed by atoms with Gasteiger partial charge in [-0.15, -0.1) is 0 Å². The van der Waals surface area contributed by atoms with Crippen molar-refractivity contribution in [1.82, 2.24) is 9.55 Å². The first-order valence-corrected chi connectivity index (χ1v) is 4.74. The van der Waals surface area contributed by atoms with Gasteiger partial charge in [-0.1, -0.05) is 0 Å². The molecular weight excluding hydrogens is 266 g/mol. The molecule has 0 saturated carbocycles. The van der Waals surface area contributed by atoms with Gasteiger partial charge in [0.25, 0.3) is 5.56 Å². The van der Waals surface area contributed by atoms with Gasteiger partial charge in [0.15, 0.2) is 5.96 Å². The van der Waals surface area contributed by atoms with Crippen LogP contribution in [0.1, 0.15) is 0 Å². The quantitative estimate of drug-likeness (QED) is 0.461. The molecular formula is C7H10BrN5O2. The van der Waals surface area contributed by atoms with Gasteiger partial charge < -0.3 is 11.1 Å². The van der Waals surface area contributed by atoms with E-state index in [4.69, 9.17) is 5.73 Å². The number of hydrogen-bond donors (Lipinski definition) is 3. The Morgan fingerprint density at radius 2 is 2.20 bits per heavy atom. The lowest BCUT2D eigenvalue weighted by atomic mass is 10.5. The highest BCUT2D eigenvalue weighted by Gasteiger charge is 2.10. The van der Waals surface area contributed by atoms with Gasteiger partial charge in [0.05, 0.1) is 0 Å². The summed E-state index contributed by atoms with van der Waals surface area (Å²) in [6.07, 6.45) is 0. The first kappa shape index (κ1) is 11.5. The van der Waals surface area contributed by atoms with E-state index in [9.17, 15) is 9.59 Å². The first-order chi connectivity index (χ1) is 6.97. The summed E-state index contributed by atoms with van der Waals surface area (Å²) in [7, 11) is 2.98. The van der Waals surface area contributed by atoms with Crippen LogP contribution >= 0.6 is 15.9 Å². The van der Waals surface area contributed by atoms with Crippen molar-refractivity contribution in [2.24, 2.45) is 17.8 Å². The number of nitrogens with zero attached hydrogens (tertiary/aromatic N) is 2. The molecule has 0 unspecified atom stereocenters. The van der Waals surface area contributed by atoms with Crippen LogP contribution in [0.25, 0.3) is 0 Å². The second-order valence-electron chi connectivity index (χ2n) is 2.71.